The zero-order valence-electron chi connectivity index (χ0n) is 17.9. The topological polar surface area (TPSA) is 77.0 Å². The van der Waals surface area contributed by atoms with Gasteiger partial charge in [0.1, 0.15) is 5.76 Å². The van der Waals surface area contributed by atoms with Crippen LogP contribution in [0.1, 0.15) is 24.7 Å². The molecule has 0 aliphatic heterocycles. The lowest BCUT2D eigenvalue weighted by Crippen LogP contribution is -2.31. The van der Waals surface area contributed by atoms with Crippen LogP contribution in [0.4, 0.5) is 0 Å². The molecule has 4 rings (SSSR count). The second-order valence-electron chi connectivity index (χ2n) is 7.30. The summed E-state index contributed by atoms with van der Waals surface area (Å²) in [5, 5.41) is 9.49. The molecule has 8 heteroatoms. The van der Waals surface area contributed by atoms with Crippen LogP contribution >= 0.6 is 11.8 Å². The molecule has 0 radical (unpaired) electrons. The average Bonchev–Trinajstić information content (AvgIpc) is 3.49. The number of nitrogens with zero attached hydrogens (tertiary/aromatic N) is 5. The van der Waals surface area contributed by atoms with Crippen molar-refractivity contribution >= 4 is 17.7 Å². The number of carbonyl (C=O) groups is 1. The van der Waals surface area contributed by atoms with Crippen LogP contribution in [0.25, 0.3) is 11.4 Å². The maximum atomic E-state index is 13.2. The molecule has 0 aliphatic carbocycles. The molecule has 0 N–H and O–H groups in total. The van der Waals surface area contributed by atoms with Gasteiger partial charge >= 0.3 is 0 Å². The van der Waals surface area contributed by atoms with Gasteiger partial charge in [-0.2, -0.15) is 0 Å². The molecule has 3 aromatic heterocycles. The maximum absolute atomic E-state index is 13.2. The molecule has 1 amide bonds. The third-order valence-electron chi connectivity index (χ3n) is 4.92. The zero-order valence-corrected chi connectivity index (χ0v) is 18.7. The first-order valence-corrected chi connectivity index (χ1v) is 11.5. The Balaban J connectivity index is 1.49. The first kappa shape index (κ1) is 21.8. The number of amides is 1. The van der Waals surface area contributed by atoms with Crippen molar-refractivity contribution in [1.82, 2.24) is 24.6 Å². The molecule has 7 nitrogen and oxygen atoms in total. The Bertz CT molecular complexity index is 1110. The predicted octanol–water partition coefficient (Wildman–Crippen LogP) is 4.66. The minimum absolute atomic E-state index is 0.0202. The molecule has 1 aromatic carbocycles. The number of aromatic nitrogens is 4. The predicted molar refractivity (Wildman–Crippen MR) is 124 cm³/mol. The van der Waals surface area contributed by atoms with Gasteiger partial charge in [-0.25, -0.2) is 0 Å². The molecule has 0 atom stereocenters. The number of hydrogen-bond acceptors (Lipinski definition) is 6. The van der Waals surface area contributed by atoms with Gasteiger partial charge in [0.2, 0.25) is 5.91 Å². The quantitative estimate of drug-likeness (QED) is 0.329. The standard InChI is InChI=1S/C24H25N5O2S/c1-2-14-29-23(20-10-12-25-13-11-20)26-27-24(29)32-18-22(30)28(17-21-9-6-15-31-21)16-19-7-4-3-5-8-19/h3-13,15H,2,14,16-18H2,1H3. The Hall–Kier alpha value is -3.39. The SMILES string of the molecule is CCCn1c(SCC(=O)N(Cc2ccccc2)Cc2ccco2)nnc1-c1ccncc1. The number of rotatable bonds is 10. The number of thioether (sulfide) groups is 1. The van der Waals surface area contributed by atoms with Crippen molar-refractivity contribution in [2.75, 3.05) is 5.75 Å². The Morgan fingerprint density at radius 3 is 2.56 bits per heavy atom. The van der Waals surface area contributed by atoms with Crippen LogP contribution in [0.5, 0.6) is 0 Å². The van der Waals surface area contributed by atoms with Crippen molar-refractivity contribution in [1.29, 1.82) is 0 Å². The third kappa shape index (κ3) is 5.45. The van der Waals surface area contributed by atoms with Crippen molar-refractivity contribution in [2.45, 2.75) is 38.1 Å². The molecule has 164 valence electrons. The van der Waals surface area contributed by atoms with Crippen molar-refractivity contribution < 1.29 is 9.21 Å². The van der Waals surface area contributed by atoms with E-state index in [1.54, 1.807) is 18.7 Å². The molecule has 0 saturated heterocycles. The smallest absolute Gasteiger partial charge is 0.233 e. The summed E-state index contributed by atoms with van der Waals surface area (Å²) in [7, 11) is 0. The summed E-state index contributed by atoms with van der Waals surface area (Å²) in [6.45, 7) is 3.83. The molecule has 0 saturated carbocycles. The van der Waals surface area contributed by atoms with E-state index < -0.39 is 0 Å². The van der Waals surface area contributed by atoms with Gasteiger partial charge in [-0.3, -0.25) is 9.78 Å². The minimum Gasteiger partial charge on any atom is -0.467 e. The van der Waals surface area contributed by atoms with Gasteiger partial charge < -0.3 is 13.9 Å². The Morgan fingerprint density at radius 1 is 1.03 bits per heavy atom. The molecule has 0 fully saturated rings. The lowest BCUT2D eigenvalue weighted by molar-refractivity contribution is -0.129. The lowest BCUT2D eigenvalue weighted by Gasteiger charge is -2.22. The van der Waals surface area contributed by atoms with Gasteiger partial charge in [-0.15, -0.1) is 10.2 Å². The van der Waals surface area contributed by atoms with Crippen LogP contribution in [0.2, 0.25) is 0 Å². The fourth-order valence-corrected chi connectivity index (χ4v) is 4.25. The van der Waals surface area contributed by atoms with Crippen molar-refractivity contribution in [2.24, 2.45) is 0 Å². The van der Waals surface area contributed by atoms with Gasteiger partial charge in [-0.05, 0) is 36.2 Å². The highest BCUT2D eigenvalue weighted by molar-refractivity contribution is 7.99. The van der Waals surface area contributed by atoms with Crippen LogP contribution in [-0.4, -0.2) is 36.3 Å². The number of furan rings is 1. The molecule has 0 unspecified atom stereocenters. The average molecular weight is 448 g/mol. The molecule has 0 aliphatic rings. The van der Waals surface area contributed by atoms with Gasteiger partial charge in [0, 0.05) is 31.0 Å². The summed E-state index contributed by atoms with van der Waals surface area (Å²) in [6.07, 6.45) is 6.05. The summed E-state index contributed by atoms with van der Waals surface area (Å²) in [4.78, 5) is 19.1. The molecule has 4 aromatic rings. The van der Waals surface area contributed by atoms with Crippen LogP contribution in [0, 0.1) is 0 Å². The number of carbonyl (C=O) groups excluding carboxylic acids is 1. The van der Waals surface area contributed by atoms with E-state index in [9.17, 15) is 4.79 Å². The van der Waals surface area contributed by atoms with E-state index in [4.69, 9.17) is 4.42 Å². The molecule has 3 heterocycles. The second-order valence-corrected chi connectivity index (χ2v) is 8.24. The van der Waals surface area contributed by atoms with Crippen LogP contribution in [0.15, 0.2) is 82.8 Å². The molecule has 0 bridgehead atoms. The molecular weight excluding hydrogens is 422 g/mol. The van der Waals surface area contributed by atoms with E-state index in [0.29, 0.717) is 13.1 Å². The third-order valence-corrected chi connectivity index (χ3v) is 5.87. The maximum Gasteiger partial charge on any atom is 0.233 e. The van der Waals surface area contributed by atoms with Gasteiger partial charge in [0.05, 0.1) is 18.6 Å². The summed E-state index contributed by atoms with van der Waals surface area (Å²) < 4.78 is 7.56. The molecule has 0 spiro atoms. The summed E-state index contributed by atoms with van der Waals surface area (Å²) in [5.41, 5.74) is 2.04. The van der Waals surface area contributed by atoms with Gasteiger partial charge in [0.15, 0.2) is 11.0 Å². The van der Waals surface area contributed by atoms with E-state index in [-0.39, 0.29) is 11.7 Å². The van der Waals surface area contributed by atoms with E-state index in [1.807, 2.05) is 59.5 Å². The largest absolute Gasteiger partial charge is 0.467 e. The second kappa shape index (κ2) is 10.8. The first-order chi connectivity index (χ1) is 15.7. The number of benzene rings is 1. The van der Waals surface area contributed by atoms with Crippen LogP contribution in [0.3, 0.4) is 0 Å². The Morgan fingerprint density at radius 2 is 1.84 bits per heavy atom. The summed E-state index contributed by atoms with van der Waals surface area (Å²) in [6, 6.07) is 17.5. The summed E-state index contributed by atoms with van der Waals surface area (Å²) >= 11 is 1.41. The first-order valence-electron chi connectivity index (χ1n) is 10.5. The Labute approximate surface area is 191 Å². The summed E-state index contributed by atoms with van der Waals surface area (Å²) in [5.74, 6) is 1.84. The van der Waals surface area contributed by atoms with Crippen molar-refractivity contribution in [3.63, 3.8) is 0 Å². The normalized spacial score (nSPS) is 10.9. The highest BCUT2D eigenvalue weighted by atomic mass is 32.2. The number of hydrogen-bond donors (Lipinski definition) is 0. The van der Waals surface area contributed by atoms with Gasteiger partial charge in [0.25, 0.3) is 0 Å². The fraction of sp³-hybridized carbons (Fsp3) is 0.250. The van der Waals surface area contributed by atoms with Crippen molar-refractivity contribution in [3.05, 3.63) is 84.6 Å². The van der Waals surface area contributed by atoms with E-state index in [2.05, 4.69) is 26.7 Å². The van der Waals surface area contributed by atoms with Crippen LogP contribution in [-0.2, 0) is 24.4 Å². The zero-order chi connectivity index (χ0) is 22.2. The Kier molecular flexibility index (Phi) is 7.34. The highest BCUT2D eigenvalue weighted by Gasteiger charge is 2.19. The van der Waals surface area contributed by atoms with Crippen molar-refractivity contribution in [3.8, 4) is 11.4 Å². The van der Waals surface area contributed by atoms with Gasteiger partial charge in [-0.1, -0.05) is 49.0 Å². The molecular formula is C24H25N5O2S. The molecule has 32 heavy (non-hydrogen) atoms. The van der Waals surface area contributed by atoms with E-state index in [1.165, 1.54) is 11.8 Å². The minimum atomic E-state index is 0.0202. The monoisotopic (exact) mass is 447 g/mol. The van der Waals surface area contributed by atoms with Crippen LogP contribution < -0.4 is 0 Å². The lowest BCUT2D eigenvalue weighted by atomic mass is 10.2. The fourth-order valence-electron chi connectivity index (χ4n) is 3.38. The van der Waals surface area contributed by atoms with E-state index in [0.717, 1.165) is 40.8 Å². The van der Waals surface area contributed by atoms with E-state index >= 15 is 0 Å². The number of pyridine rings is 1. The highest BCUT2D eigenvalue weighted by Crippen LogP contribution is 2.25.